The lowest BCUT2D eigenvalue weighted by atomic mass is 10.2. The zero-order valence-electron chi connectivity index (χ0n) is 14.3. The summed E-state index contributed by atoms with van der Waals surface area (Å²) in [6.45, 7) is 5.59. The molecule has 4 rings (SSSR count). The number of hydrogen-bond donors (Lipinski definition) is 0. The molecule has 134 valence electrons. The maximum Gasteiger partial charge on any atom is 0.230 e. The van der Waals surface area contributed by atoms with Crippen molar-refractivity contribution in [1.82, 2.24) is 19.9 Å². The van der Waals surface area contributed by atoms with Crippen LogP contribution >= 0.6 is 0 Å². The Balaban J connectivity index is 1.75. The highest BCUT2D eigenvalue weighted by molar-refractivity contribution is 5.59. The molecule has 0 unspecified atom stereocenters. The van der Waals surface area contributed by atoms with Gasteiger partial charge in [-0.05, 0) is 12.1 Å². The predicted molar refractivity (Wildman–Crippen MR) is 93.8 cm³/mol. The molecule has 9 heteroatoms. The second kappa shape index (κ2) is 7.59. The lowest BCUT2D eigenvalue weighted by molar-refractivity contribution is 0.121. The van der Waals surface area contributed by atoms with Crippen LogP contribution in [-0.2, 0) is 9.47 Å². The van der Waals surface area contributed by atoms with Crippen LogP contribution in [0.4, 0.5) is 11.9 Å². The van der Waals surface area contributed by atoms with Crippen molar-refractivity contribution < 1.29 is 9.47 Å². The van der Waals surface area contributed by atoms with Crippen LogP contribution in [-0.4, -0.2) is 72.5 Å². The number of ether oxygens (including phenoxy) is 2. The Kier molecular flexibility index (Phi) is 4.86. The molecule has 9 nitrogen and oxygen atoms in total. The molecule has 0 bridgehead atoms. The lowest BCUT2D eigenvalue weighted by Gasteiger charge is -2.30. The Morgan fingerprint density at radius 3 is 2.00 bits per heavy atom. The number of aromatic nitrogens is 4. The zero-order chi connectivity index (χ0) is 17.8. The summed E-state index contributed by atoms with van der Waals surface area (Å²) in [6.07, 6.45) is 1.60. The molecule has 0 spiro atoms. The summed E-state index contributed by atoms with van der Waals surface area (Å²) >= 11 is 0. The number of morpholine rings is 2. The summed E-state index contributed by atoms with van der Waals surface area (Å²) in [7, 11) is 0. The van der Waals surface area contributed by atoms with E-state index in [0.29, 0.717) is 49.8 Å². The average molecular weight is 353 g/mol. The largest absolute Gasteiger partial charge is 0.378 e. The molecular weight excluding hydrogens is 334 g/mol. The van der Waals surface area contributed by atoms with Crippen molar-refractivity contribution in [2.45, 2.75) is 0 Å². The van der Waals surface area contributed by atoms with Gasteiger partial charge in [0, 0.05) is 37.9 Å². The van der Waals surface area contributed by atoms with E-state index in [0.717, 1.165) is 31.7 Å². The third kappa shape index (κ3) is 3.56. The molecule has 2 aliphatic rings. The van der Waals surface area contributed by atoms with Gasteiger partial charge >= 0.3 is 0 Å². The van der Waals surface area contributed by atoms with E-state index < -0.39 is 0 Å². The maximum atomic E-state index is 9.12. The lowest BCUT2D eigenvalue weighted by Crippen LogP contribution is -2.40. The Hall–Kier alpha value is -2.83. The molecule has 0 amide bonds. The average Bonchev–Trinajstić information content (AvgIpc) is 2.75. The second-order valence-corrected chi connectivity index (χ2v) is 6.00. The van der Waals surface area contributed by atoms with Crippen LogP contribution in [0.5, 0.6) is 0 Å². The van der Waals surface area contributed by atoms with Crippen LogP contribution in [0, 0.1) is 11.3 Å². The van der Waals surface area contributed by atoms with Gasteiger partial charge in [-0.2, -0.15) is 20.2 Å². The summed E-state index contributed by atoms with van der Waals surface area (Å²) in [5.74, 6) is 1.81. The van der Waals surface area contributed by atoms with E-state index >= 15 is 0 Å². The van der Waals surface area contributed by atoms with E-state index in [9.17, 15) is 0 Å². The van der Waals surface area contributed by atoms with E-state index in [2.05, 4.69) is 35.8 Å². The van der Waals surface area contributed by atoms with Gasteiger partial charge in [0.1, 0.15) is 11.8 Å². The van der Waals surface area contributed by atoms with E-state index in [1.165, 1.54) is 0 Å². The van der Waals surface area contributed by atoms with Crippen molar-refractivity contribution in [3.8, 4) is 17.5 Å². The van der Waals surface area contributed by atoms with Gasteiger partial charge in [0.15, 0.2) is 5.82 Å². The van der Waals surface area contributed by atoms with E-state index in [1.807, 2.05) is 6.07 Å². The normalized spacial score (nSPS) is 17.8. The predicted octanol–water partition coefficient (Wildman–Crippen LogP) is 0.478. The van der Waals surface area contributed by atoms with E-state index in [1.54, 1.807) is 12.3 Å². The molecule has 0 radical (unpaired) electrons. The smallest absolute Gasteiger partial charge is 0.230 e. The van der Waals surface area contributed by atoms with Gasteiger partial charge in [-0.25, -0.2) is 4.98 Å². The van der Waals surface area contributed by atoms with Crippen molar-refractivity contribution >= 4 is 11.9 Å². The number of rotatable bonds is 3. The first-order valence-electron chi connectivity index (χ1n) is 8.61. The monoisotopic (exact) mass is 353 g/mol. The minimum atomic E-state index is 0.337. The Bertz CT molecular complexity index is 775. The first kappa shape index (κ1) is 16.6. The Labute approximate surface area is 151 Å². The van der Waals surface area contributed by atoms with Crippen LogP contribution in [0.1, 0.15) is 5.69 Å². The van der Waals surface area contributed by atoms with Crippen molar-refractivity contribution in [3.63, 3.8) is 0 Å². The van der Waals surface area contributed by atoms with Crippen LogP contribution in [0.3, 0.4) is 0 Å². The molecular formula is C17H19N7O2. The number of nitrogens with zero attached hydrogens (tertiary/aromatic N) is 7. The highest BCUT2D eigenvalue weighted by Gasteiger charge is 2.21. The molecule has 4 heterocycles. The summed E-state index contributed by atoms with van der Waals surface area (Å²) in [5.41, 5.74) is 1.09. The van der Waals surface area contributed by atoms with Crippen LogP contribution < -0.4 is 9.80 Å². The van der Waals surface area contributed by atoms with Gasteiger partial charge < -0.3 is 19.3 Å². The van der Waals surface area contributed by atoms with Gasteiger partial charge in [-0.1, -0.05) is 0 Å². The van der Waals surface area contributed by atoms with Gasteiger partial charge in [0.2, 0.25) is 11.9 Å². The van der Waals surface area contributed by atoms with Crippen LogP contribution in [0.15, 0.2) is 18.3 Å². The number of nitriles is 1. The van der Waals surface area contributed by atoms with Crippen molar-refractivity contribution in [2.75, 3.05) is 62.4 Å². The molecule has 0 saturated carbocycles. The molecule has 0 atom stereocenters. The molecule has 0 aromatic carbocycles. The van der Waals surface area contributed by atoms with Crippen LogP contribution in [0.2, 0.25) is 0 Å². The third-order valence-corrected chi connectivity index (χ3v) is 4.33. The molecule has 0 aliphatic carbocycles. The third-order valence-electron chi connectivity index (χ3n) is 4.33. The SMILES string of the molecule is N#Cc1cc(-c2nc(N3CCOCC3)nc(N3CCOCC3)n2)ccn1. The first-order valence-corrected chi connectivity index (χ1v) is 8.61. The molecule has 2 fully saturated rings. The molecule has 0 N–H and O–H groups in total. The minimum Gasteiger partial charge on any atom is -0.378 e. The maximum absolute atomic E-state index is 9.12. The molecule has 2 saturated heterocycles. The molecule has 26 heavy (non-hydrogen) atoms. The van der Waals surface area contributed by atoms with Crippen molar-refractivity contribution in [1.29, 1.82) is 5.26 Å². The fourth-order valence-corrected chi connectivity index (χ4v) is 2.92. The molecule has 2 aromatic rings. The van der Waals surface area contributed by atoms with Gasteiger partial charge in [-0.3, -0.25) is 0 Å². The summed E-state index contributed by atoms with van der Waals surface area (Å²) in [4.78, 5) is 22.2. The quantitative estimate of drug-likeness (QED) is 0.779. The standard InChI is InChI=1S/C17H19N7O2/c18-12-14-11-13(1-2-19-14)15-20-16(23-3-7-25-8-4-23)22-17(21-15)24-5-9-26-10-6-24/h1-2,11H,3-10H2. The highest BCUT2D eigenvalue weighted by atomic mass is 16.5. The minimum absolute atomic E-state index is 0.337. The van der Waals surface area contributed by atoms with Gasteiger partial charge in [-0.15, -0.1) is 0 Å². The van der Waals surface area contributed by atoms with E-state index in [-0.39, 0.29) is 0 Å². The molecule has 2 aliphatic heterocycles. The number of anilines is 2. The van der Waals surface area contributed by atoms with Gasteiger partial charge in [0.05, 0.1) is 26.4 Å². The first-order chi connectivity index (χ1) is 12.8. The molecule has 2 aromatic heterocycles. The summed E-state index contributed by atoms with van der Waals surface area (Å²) < 4.78 is 10.9. The topological polar surface area (TPSA) is 100 Å². The van der Waals surface area contributed by atoms with Gasteiger partial charge in [0.25, 0.3) is 0 Å². The fourth-order valence-electron chi connectivity index (χ4n) is 2.92. The number of pyridine rings is 1. The Morgan fingerprint density at radius 2 is 1.46 bits per heavy atom. The van der Waals surface area contributed by atoms with Crippen molar-refractivity contribution in [3.05, 3.63) is 24.0 Å². The Morgan fingerprint density at radius 1 is 0.885 bits per heavy atom. The fraction of sp³-hybridized carbons (Fsp3) is 0.471. The highest BCUT2D eigenvalue weighted by Crippen LogP contribution is 2.22. The second-order valence-electron chi connectivity index (χ2n) is 6.00. The van der Waals surface area contributed by atoms with E-state index in [4.69, 9.17) is 14.7 Å². The van der Waals surface area contributed by atoms with Crippen molar-refractivity contribution in [2.24, 2.45) is 0 Å². The number of hydrogen-bond acceptors (Lipinski definition) is 9. The summed E-state index contributed by atoms with van der Waals surface area (Å²) in [5, 5.41) is 9.12. The zero-order valence-corrected chi connectivity index (χ0v) is 14.3. The van der Waals surface area contributed by atoms with Crippen LogP contribution in [0.25, 0.3) is 11.4 Å². The summed E-state index contributed by atoms with van der Waals surface area (Å²) in [6, 6.07) is 5.56.